The molecule has 0 amide bonds. The van der Waals surface area contributed by atoms with Crippen molar-refractivity contribution in [3.63, 3.8) is 0 Å². The fourth-order valence-corrected chi connectivity index (χ4v) is 1.82. The topological polar surface area (TPSA) is 37.8 Å². The lowest BCUT2D eigenvalue weighted by atomic mass is 10.2. The lowest BCUT2D eigenvalue weighted by Crippen LogP contribution is -2.01. The molecule has 0 aliphatic carbocycles. The third kappa shape index (κ3) is 3.13. The first-order valence-corrected chi connectivity index (χ1v) is 6.33. The summed E-state index contributed by atoms with van der Waals surface area (Å²) in [4.78, 5) is 11.4. The average molecular weight is 257 g/mol. The number of fused-ring (bicyclic) bond motifs is 1. The van der Waals surface area contributed by atoms with Gasteiger partial charge in [-0.3, -0.25) is 14.6 Å². The number of hydrogen-bond donors (Lipinski definition) is 1. The van der Waals surface area contributed by atoms with E-state index in [-0.39, 0.29) is 5.56 Å². The highest BCUT2D eigenvalue weighted by Gasteiger charge is 2.09. The molecule has 2 aromatic rings. The van der Waals surface area contributed by atoms with E-state index in [1.54, 1.807) is 17.8 Å². The van der Waals surface area contributed by atoms with Crippen LogP contribution in [0.1, 0.15) is 33.3 Å². The Morgan fingerprint density at radius 3 is 2.18 bits per heavy atom. The molecule has 0 unspecified atom stereocenters. The van der Waals surface area contributed by atoms with Gasteiger partial charge in [-0.25, -0.2) is 0 Å². The van der Waals surface area contributed by atoms with E-state index < -0.39 is 0 Å². The predicted molar refractivity (Wildman–Crippen MR) is 76.0 cm³/mol. The molecule has 0 radical (unpaired) electrons. The summed E-state index contributed by atoms with van der Waals surface area (Å²) in [6.45, 7) is 9.95. The van der Waals surface area contributed by atoms with E-state index >= 15 is 0 Å². The Bertz CT molecular complexity index is 526. The van der Waals surface area contributed by atoms with E-state index in [1.165, 1.54) is 0 Å². The van der Waals surface area contributed by atoms with Crippen LogP contribution in [0, 0.1) is 6.92 Å². The van der Waals surface area contributed by atoms with Gasteiger partial charge in [-0.2, -0.15) is 0 Å². The zero-order valence-electron chi connectivity index (χ0n) is 11.4. The number of nitrogens with one attached hydrogen (secondary N) is 1. The molecule has 0 fully saturated rings. The quantitative estimate of drug-likeness (QED) is 0.763. The van der Waals surface area contributed by atoms with Gasteiger partial charge in [0.2, 0.25) is 0 Å². The number of rotatable bonds is 0. The van der Waals surface area contributed by atoms with Crippen LogP contribution in [-0.4, -0.2) is 9.78 Å². The molecule has 0 aliphatic heterocycles. The van der Waals surface area contributed by atoms with Gasteiger partial charge in [0.15, 0.2) is 0 Å². The molecule has 0 spiro atoms. The van der Waals surface area contributed by atoms with Crippen LogP contribution in [0.4, 0.5) is 0 Å². The van der Waals surface area contributed by atoms with E-state index in [0.29, 0.717) is 10.4 Å². The van der Waals surface area contributed by atoms with Crippen LogP contribution in [0.25, 0.3) is 10.9 Å². The normalized spacial score (nSPS) is 9.12. The number of halogens is 1. The van der Waals surface area contributed by atoms with Gasteiger partial charge < -0.3 is 0 Å². The summed E-state index contributed by atoms with van der Waals surface area (Å²) >= 11 is 5.91. The van der Waals surface area contributed by atoms with Crippen molar-refractivity contribution in [2.24, 2.45) is 7.05 Å². The minimum absolute atomic E-state index is 0.133. The first-order valence-electron chi connectivity index (χ1n) is 5.95. The first-order chi connectivity index (χ1) is 8.11. The maximum absolute atomic E-state index is 11.4. The van der Waals surface area contributed by atoms with Crippen molar-refractivity contribution in [3.8, 4) is 0 Å². The molecule has 0 bridgehead atoms. The Hall–Kier alpha value is -1.22. The van der Waals surface area contributed by atoms with Gasteiger partial charge in [-0.15, -0.1) is 0 Å². The van der Waals surface area contributed by atoms with Gasteiger partial charge in [0.05, 0.1) is 15.9 Å². The van der Waals surface area contributed by atoms with E-state index in [1.807, 2.05) is 40.7 Å². The Balaban J connectivity index is 0.000000581. The summed E-state index contributed by atoms with van der Waals surface area (Å²) in [6, 6.07) is 3.65. The zero-order chi connectivity index (χ0) is 13.6. The Labute approximate surface area is 107 Å². The molecule has 0 saturated carbocycles. The van der Waals surface area contributed by atoms with Crippen LogP contribution >= 0.6 is 11.6 Å². The first kappa shape index (κ1) is 15.8. The molecule has 0 saturated heterocycles. The number of aryl methyl sites for hydroxylation is 2. The minimum atomic E-state index is -0.133. The van der Waals surface area contributed by atoms with Crippen molar-refractivity contribution in [3.05, 3.63) is 33.1 Å². The molecular formula is C13H21ClN2O. The Morgan fingerprint density at radius 2 is 1.71 bits per heavy atom. The number of nitrogens with zero attached hydrogens (tertiary/aromatic N) is 1. The summed E-state index contributed by atoms with van der Waals surface area (Å²) in [6.07, 6.45) is 0. The summed E-state index contributed by atoms with van der Waals surface area (Å²) in [5, 5.41) is 3.75. The third-order valence-electron chi connectivity index (χ3n) is 2.16. The van der Waals surface area contributed by atoms with Gasteiger partial charge in [-0.1, -0.05) is 45.4 Å². The van der Waals surface area contributed by atoms with E-state index in [9.17, 15) is 4.79 Å². The fraction of sp³-hybridized carbons (Fsp3) is 0.462. The highest BCUT2D eigenvalue weighted by atomic mass is 35.5. The summed E-state index contributed by atoms with van der Waals surface area (Å²) in [7, 11) is 1.80. The molecule has 0 atom stereocenters. The van der Waals surface area contributed by atoms with E-state index in [0.717, 1.165) is 11.1 Å². The number of H-pyrrole nitrogens is 1. The molecule has 1 aromatic carbocycles. The van der Waals surface area contributed by atoms with Crippen LogP contribution < -0.4 is 5.56 Å². The monoisotopic (exact) mass is 256 g/mol. The molecule has 17 heavy (non-hydrogen) atoms. The number of benzene rings is 1. The van der Waals surface area contributed by atoms with Gasteiger partial charge in [-0.05, 0) is 18.6 Å². The van der Waals surface area contributed by atoms with Crippen molar-refractivity contribution in [1.29, 1.82) is 0 Å². The van der Waals surface area contributed by atoms with E-state index in [2.05, 4.69) is 5.10 Å². The Morgan fingerprint density at radius 1 is 1.18 bits per heavy atom. The van der Waals surface area contributed by atoms with Crippen molar-refractivity contribution < 1.29 is 0 Å². The second kappa shape index (κ2) is 7.17. The largest absolute Gasteiger partial charge is 0.287 e. The highest BCUT2D eigenvalue weighted by molar-refractivity contribution is 6.35. The Kier molecular flexibility index (Phi) is 6.66. The molecule has 2 rings (SSSR count). The maximum Gasteiger partial charge on any atom is 0.273 e. The minimum Gasteiger partial charge on any atom is -0.287 e. The third-order valence-corrected chi connectivity index (χ3v) is 2.48. The van der Waals surface area contributed by atoms with Crippen molar-refractivity contribution in [2.75, 3.05) is 0 Å². The molecule has 3 nitrogen and oxygen atoms in total. The smallest absolute Gasteiger partial charge is 0.273 e. The summed E-state index contributed by atoms with van der Waals surface area (Å²) in [5.74, 6) is 0. The van der Waals surface area contributed by atoms with Gasteiger partial charge in [0.1, 0.15) is 0 Å². The number of hydrogen-bond acceptors (Lipinski definition) is 1. The van der Waals surface area contributed by atoms with Crippen molar-refractivity contribution >= 4 is 22.5 Å². The second-order valence-corrected chi connectivity index (χ2v) is 3.50. The SMILES string of the molecule is CC.CC.Cc1ccc(Cl)c2c(=O)[nH]n(C)c12. The number of aromatic amines is 1. The predicted octanol–water partition coefficient (Wildman–Crippen LogP) is 3.88. The van der Waals surface area contributed by atoms with Crippen molar-refractivity contribution in [1.82, 2.24) is 9.78 Å². The molecule has 1 N–H and O–H groups in total. The van der Waals surface area contributed by atoms with Crippen LogP contribution in [0.15, 0.2) is 16.9 Å². The second-order valence-electron chi connectivity index (χ2n) is 3.09. The molecular weight excluding hydrogens is 236 g/mol. The fourth-order valence-electron chi connectivity index (χ4n) is 1.58. The molecule has 96 valence electrons. The van der Waals surface area contributed by atoms with E-state index in [4.69, 9.17) is 11.6 Å². The maximum atomic E-state index is 11.4. The zero-order valence-corrected chi connectivity index (χ0v) is 12.1. The lowest BCUT2D eigenvalue weighted by molar-refractivity contribution is 0.781. The van der Waals surface area contributed by atoms with Gasteiger partial charge in [0.25, 0.3) is 5.56 Å². The van der Waals surface area contributed by atoms with Crippen LogP contribution in [0.5, 0.6) is 0 Å². The van der Waals surface area contributed by atoms with Gasteiger partial charge >= 0.3 is 0 Å². The highest BCUT2D eigenvalue weighted by Crippen LogP contribution is 2.22. The summed E-state index contributed by atoms with van der Waals surface area (Å²) in [5.41, 5.74) is 1.78. The average Bonchev–Trinajstić information content (AvgIpc) is 2.66. The van der Waals surface area contributed by atoms with Crippen LogP contribution in [0.2, 0.25) is 5.02 Å². The molecule has 1 aromatic heterocycles. The van der Waals surface area contributed by atoms with Crippen LogP contribution in [-0.2, 0) is 7.05 Å². The van der Waals surface area contributed by atoms with Crippen molar-refractivity contribution in [2.45, 2.75) is 34.6 Å². The lowest BCUT2D eigenvalue weighted by Gasteiger charge is -1.99. The molecule has 0 aliphatic rings. The van der Waals surface area contributed by atoms with Gasteiger partial charge in [0, 0.05) is 7.05 Å². The standard InChI is InChI=1S/C9H9ClN2O.2C2H6/c1-5-3-4-6(10)7-8(5)12(2)11-9(7)13;2*1-2/h3-4H,1-2H3,(H,11,13);2*1-2H3. The molecule has 1 heterocycles. The summed E-state index contributed by atoms with van der Waals surface area (Å²) < 4.78 is 1.69. The number of aromatic nitrogens is 2. The molecule has 4 heteroatoms. The van der Waals surface area contributed by atoms with Crippen LogP contribution in [0.3, 0.4) is 0 Å².